The molecule has 0 unspecified atom stereocenters. The average Bonchev–Trinajstić information content (AvgIpc) is 2.44. The van der Waals surface area contributed by atoms with Crippen LogP contribution in [0.15, 0.2) is 18.2 Å². The van der Waals surface area contributed by atoms with Gasteiger partial charge in [0.05, 0.1) is 12.1 Å². The van der Waals surface area contributed by atoms with Gasteiger partial charge in [0, 0.05) is 5.56 Å². The first-order chi connectivity index (χ1) is 9.46. The van der Waals surface area contributed by atoms with Crippen molar-refractivity contribution < 1.29 is 14.3 Å². The summed E-state index contributed by atoms with van der Waals surface area (Å²) in [4.78, 5) is 12.3. The third-order valence-corrected chi connectivity index (χ3v) is 4.36. The Labute approximate surface area is 119 Å². The van der Waals surface area contributed by atoms with Crippen molar-refractivity contribution in [2.45, 2.75) is 45.1 Å². The standard InChI is InChI=1S/C16H22FNO2/c1-11-5-7-16(10-19,8-6-11)18-15(20)14-9-13(17)4-3-12(14)2/h3-4,9,11,19H,5-8,10H2,1-2H3,(H,18,20). The monoisotopic (exact) mass is 279 g/mol. The molecule has 0 heterocycles. The van der Waals surface area contributed by atoms with E-state index in [-0.39, 0.29) is 12.5 Å². The largest absolute Gasteiger partial charge is 0.394 e. The van der Waals surface area contributed by atoms with Gasteiger partial charge in [0.1, 0.15) is 5.82 Å². The molecule has 1 fully saturated rings. The Hall–Kier alpha value is -1.42. The van der Waals surface area contributed by atoms with Gasteiger partial charge in [-0.25, -0.2) is 4.39 Å². The number of nitrogens with one attached hydrogen (secondary N) is 1. The van der Waals surface area contributed by atoms with E-state index in [4.69, 9.17) is 0 Å². The first kappa shape index (κ1) is 15.0. The summed E-state index contributed by atoms with van der Waals surface area (Å²) in [6, 6.07) is 4.19. The molecule has 110 valence electrons. The first-order valence-electron chi connectivity index (χ1n) is 7.15. The molecule has 1 amide bonds. The molecule has 0 aromatic heterocycles. The number of rotatable bonds is 3. The Balaban J connectivity index is 2.15. The fraction of sp³-hybridized carbons (Fsp3) is 0.562. The Morgan fingerprint density at radius 2 is 2.10 bits per heavy atom. The van der Waals surface area contributed by atoms with Crippen molar-refractivity contribution in [2.75, 3.05) is 6.61 Å². The highest BCUT2D eigenvalue weighted by Crippen LogP contribution is 2.32. The fourth-order valence-corrected chi connectivity index (χ4v) is 2.78. The number of amides is 1. The lowest BCUT2D eigenvalue weighted by Crippen LogP contribution is -2.53. The van der Waals surface area contributed by atoms with Crippen molar-refractivity contribution in [3.8, 4) is 0 Å². The van der Waals surface area contributed by atoms with Gasteiger partial charge in [-0.2, -0.15) is 0 Å². The van der Waals surface area contributed by atoms with Crippen LogP contribution in [0.2, 0.25) is 0 Å². The summed E-state index contributed by atoms with van der Waals surface area (Å²) in [6.45, 7) is 3.89. The van der Waals surface area contributed by atoms with E-state index in [1.54, 1.807) is 13.0 Å². The Kier molecular flexibility index (Phi) is 4.43. The second kappa shape index (κ2) is 5.92. The third kappa shape index (κ3) is 3.18. The molecule has 2 rings (SSSR count). The molecule has 0 saturated heterocycles. The molecule has 2 N–H and O–H groups in total. The SMILES string of the molecule is Cc1ccc(F)cc1C(=O)NC1(CO)CCC(C)CC1. The number of aliphatic hydroxyl groups excluding tert-OH is 1. The quantitative estimate of drug-likeness (QED) is 0.894. The lowest BCUT2D eigenvalue weighted by Gasteiger charge is -2.38. The van der Waals surface area contributed by atoms with Crippen LogP contribution in [0.25, 0.3) is 0 Å². The lowest BCUT2D eigenvalue weighted by molar-refractivity contribution is 0.0716. The van der Waals surface area contributed by atoms with E-state index in [2.05, 4.69) is 12.2 Å². The van der Waals surface area contributed by atoms with E-state index < -0.39 is 11.4 Å². The molecule has 0 atom stereocenters. The summed E-state index contributed by atoms with van der Waals surface area (Å²) < 4.78 is 13.3. The molecule has 3 nitrogen and oxygen atoms in total. The Bertz CT molecular complexity index is 493. The predicted molar refractivity (Wildman–Crippen MR) is 76.1 cm³/mol. The molecule has 1 aliphatic rings. The Morgan fingerprint density at radius 1 is 1.45 bits per heavy atom. The second-order valence-electron chi connectivity index (χ2n) is 6.03. The maximum Gasteiger partial charge on any atom is 0.252 e. The van der Waals surface area contributed by atoms with Crippen LogP contribution in [-0.2, 0) is 0 Å². The number of carbonyl (C=O) groups excluding carboxylic acids is 1. The van der Waals surface area contributed by atoms with Crippen molar-refractivity contribution in [3.05, 3.63) is 35.1 Å². The molecule has 1 aromatic carbocycles. The summed E-state index contributed by atoms with van der Waals surface area (Å²) in [6.07, 6.45) is 3.52. The average molecular weight is 279 g/mol. The molecule has 0 spiro atoms. The van der Waals surface area contributed by atoms with Crippen LogP contribution in [0.4, 0.5) is 4.39 Å². The number of hydrogen-bond donors (Lipinski definition) is 2. The number of aryl methyl sites for hydroxylation is 1. The molecule has 0 radical (unpaired) electrons. The van der Waals surface area contributed by atoms with Gasteiger partial charge in [0.2, 0.25) is 0 Å². The van der Waals surface area contributed by atoms with E-state index in [0.29, 0.717) is 11.5 Å². The number of hydrogen-bond acceptors (Lipinski definition) is 2. The van der Waals surface area contributed by atoms with Gasteiger partial charge in [0.25, 0.3) is 5.91 Å². The van der Waals surface area contributed by atoms with E-state index in [1.165, 1.54) is 12.1 Å². The van der Waals surface area contributed by atoms with Gasteiger partial charge in [-0.3, -0.25) is 4.79 Å². The number of aliphatic hydroxyl groups is 1. The maximum absolute atomic E-state index is 13.3. The molecule has 20 heavy (non-hydrogen) atoms. The van der Waals surface area contributed by atoms with Crippen molar-refractivity contribution in [1.29, 1.82) is 0 Å². The summed E-state index contributed by atoms with van der Waals surface area (Å²) in [7, 11) is 0. The highest BCUT2D eigenvalue weighted by atomic mass is 19.1. The fourth-order valence-electron chi connectivity index (χ4n) is 2.78. The minimum atomic E-state index is -0.553. The minimum Gasteiger partial charge on any atom is -0.394 e. The highest BCUT2D eigenvalue weighted by molar-refractivity contribution is 5.96. The van der Waals surface area contributed by atoms with Crippen LogP contribution in [0.3, 0.4) is 0 Å². The molecule has 1 saturated carbocycles. The zero-order valence-electron chi connectivity index (χ0n) is 12.1. The van der Waals surface area contributed by atoms with E-state index in [1.807, 2.05) is 0 Å². The predicted octanol–water partition coefficient (Wildman–Crippen LogP) is 2.81. The van der Waals surface area contributed by atoms with Crippen molar-refractivity contribution in [3.63, 3.8) is 0 Å². The highest BCUT2D eigenvalue weighted by Gasteiger charge is 2.35. The molecular formula is C16H22FNO2. The topological polar surface area (TPSA) is 49.3 Å². The molecule has 1 aliphatic carbocycles. The molecule has 0 bridgehead atoms. The zero-order valence-corrected chi connectivity index (χ0v) is 12.1. The van der Waals surface area contributed by atoms with Gasteiger partial charge in [-0.15, -0.1) is 0 Å². The van der Waals surface area contributed by atoms with E-state index in [9.17, 15) is 14.3 Å². The Morgan fingerprint density at radius 3 is 2.70 bits per heavy atom. The summed E-state index contributed by atoms with van der Waals surface area (Å²) >= 11 is 0. The molecular weight excluding hydrogens is 257 g/mol. The zero-order chi connectivity index (χ0) is 14.8. The van der Waals surface area contributed by atoms with E-state index in [0.717, 1.165) is 31.2 Å². The second-order valence-corrected chi connectivity index (χ2v) is 6.03. The summed E-state index contributed by atoms with van der Waals surface area (Å²) in [5.41, 5.74) is 0.528. The number of benzene rings is 1. The van der Waals surface area contributed by atoms with Crippen LogP contribution in [0, 0.1) is 18.7 Å². The van der Waals surface area contributed by atoms with Crippen molar-refractivity contribution in [1.82, 2.24) is 5.32 Å². The molecule has 1 aromatic rings. The molecule has 4 heteroatoms. The van der Waals surface area contributed by atoms with Crippen LogP contribution in [-0.4, -0.2) is 23.2 Å². The maximum atomic E-state index is 13.3. The lowest BCUT2D eigenvalue weighted by atomic mass is 9.77. The first-order valence-corrected chi connectivity index (χ1v) is 7.15. The molecule has 0 aliphatic heterocycles. The summed E-state index contributed by atoms with van der Waals surface area (Å²) in [5, 5.41) is 12.6. The van der Waals surface area contributed by atoms with Gasteiger partial charge in [-0.05, 0) is 56.2 Å². The number of carbonyl (C=O) groups is 1. The summed E-state index contributed by atoms with van der Waals surface area (Å²) in [5.74, 6) is -0.0934. The normalized spacial score (nSPS) is 26.3. The van der Waals surface area contributed by atoms with Gasteiger partial charge in [-0.1, -0.05) is 13.0 Å². The van der Waals surface area contributed by atoms with Crippen LogP contribution in [0.5, 0.6) is 0 Å². The van der Waals surface area contributed by atoms with Crippen LogP contribution < -0.4 is 5.32 Å². The van der Waals surface area contributed by atoms with Crippen LogP contribution in [0.1, 0.15) is 48.5 Å². The smallest absolute Gasteiger partial charge is 0.252 e. The van der Waals surface area contributed by atoms with Gasteiger partial charge < -0.3 is 10.4 Å². The third-order valence-electron chi connectivity index (χ3n) is 4.36. The van der Waals surface area contributed by atoms with E-state index >= 15 is 0 Å². The van der Waals surface area contributed by atoms with Gasteiger partial charge >= 0.3 is 0 Å². The van der Waals surface area contributed by atoms with Crippen molar-refractivity contribution >= 4 is 5.91 Å². The van der Waals surface area contributed by atoms with Crippen LogP contribution >= 0.6 is 0 Å². The minimum absolute atomic E-state index is 0.0696. The number of halogens is 1. The van der Waals surface area contributed by atoms with Crippen molar-refractivity contribution in [2.24, 2.45) is 5.92 Å². The van der Waals surface area contributed by atoms with Gasteiger partial charge in [0.15, 0.2) is 0 Å².